The maximum absolute atomic E-state index is 11.2. The number of esters is 1. The van der Waals surface area contributed by atoms with Gasteiger partial charge in [0.05, 0.1) is 25.3 Å². The SMILES string of the molecule is COC(=O)c1cncc(NC(C)CS(C)(=O)=O)n1. The van der Waals surface area contributed by atoms with Crippen LogP contribution in [0.25, 0.3) is 0 Å². The first-order valence-corrected chi connectivity index (χ1v) is 7.22. The number of hydrogen-bond donors (Lipinski definition) is 1. The molecule has 0 bridgehead atoms. The van der Waals surface area contributed by atoms with E-state index in [4.69, 9.17) is 0 Å². The van der Waals surface area contributed by atoms with E-state index in [1.54, 1.807) is 6.92 Å². The molecule has 0 spiro atoms. The Labute approximate surface area is 106 Å². The number of anilines is 1. The molecule has 0 aliphatic rings. The molecule has 1 rings (SSSR count). The molecule has 0 fully saturated rings. The maximum Gasteiger partial charge on any atom is 0.358 e. The number of hydrogen-bond acceptors (Lipinski definition) is 7. The molecule has 0 saturated heterocycles. The minimum Gasteiger partial charge on any atom is -0.464 e. The molecule has 7 nitrogen and oxygen atoms in total. The fourth-order valence-electron chi connectivity index (χ4n) is 1.39. The third-order valence-corrected chi connectivity index (χ3v) is 3.08. The molecule has 18 heavy (non-hydrogen) atoms. The molecule has 0 aliphatic heterocycles. The van der Waals surface area contributed by atoms with Gasteiger partial charge in [0, 0.05) is 12.3 Å². The van der Waals surface area contributed by atoms with Gasteiger partial charge in [-0.3, -0.25) is 4.98 Å². The monoisotopic (exact) mass is 273 g/mol. The van der Waals surface area contributed by atoms with Crippen molar-refractivity contribution in [2.75, 3.05) is 24.4 Å². The number of nitrogens with one attached hydrogen (secondary N) is 1. The summed E-state index contributed by atoms with van der Waals surface area (Å²) in [7, 11) is -1.83. The van der Waals surface area contributed by atoms with Crippen LogP contribution in [0.2, 0.25) is 0 Å². The van der Waals surface area contributed by atoms with E-state index in [1.165, 1.54) is 19.5 Å². The lowest BCUT2D eigenvalue weighted by Gasteiger charge is -2.13. The van der Waals surface area contributed by atoms with Crippen LogP contribution < -0.4 is 5.32 Å². The van der Waals surface area contributed by atoms with Crippen molar-refractivity contribution in [3.8, 4) is 0 Å². The number of nitrogens with zero attached hydrogens (tertiary/aromatic N) is 2. The molecule has 0 radical (unpaired) electrons. The van der Waals surface area contributed by atoms with Crippen LogP contribution in [0.15, 0.2) is 12.4 Å². The molecule has 8 heteroatoms. The molecule has 1 atom stereocenters. The fourth-order valence-corrected chi connectivity index (χ4v) is 2.38. The maximum atomic E-state index is 11.2. The Hall–Kier alpha value is -1.70. The normalized spacial score (nSPS) is 12.8. The number of aromatic nitrogens is 2. The first kappa shape index (κ1) is 14.4. The Morgan fingerprint density at radius 1 is 1.50 bits per heavy atom. The minimum atomic E-state index is -3.08. The first-order chi connectivity index (χ1) is 8.31. The number of methoxy groups -OCH3 is 1. The average molecular weight is 273 g/mol. The summed E-state index contributed by atoms with van der Waals surface area (Å²) in [6.45, 7) is 1.70. The molecule has 1 aromatic rings. The second kappa shape index (κ2) is 5.76. The quantitative estimate of drug-likeness (QED) is 0.760. The number of carbonyl (C=O) groups is 1. The minimum absolute atomic E-state index is 0.0306. The summed E-state index contributed by atoms with van der Waals surface area (Å²) in [6, 6.07) is -0.331. The van der Waals surface area contributed by atoms with Gasteiger partial charge in [0.25, 0.3) is 0 Å². The van der Waals surface area contributed by atoms with Crippen molar-refractivity contribution < 1.29 is 17.9 Å². The van der Waals surface area contributed by atoms with Crippen LogP contribution >= 0.6 is 0 Å². The van der Waals surface area contributed by atoms with Gasteiger partial charge >= 0.3 is 5.97 Å². The Morgan fingerprint density at radius 3 is 2.72 bits per heavy atom. The third-order valence-electron chi connectivity index (χ3n) is 1.98. The van der Waals surface area contributed by atoms with E-state index >= 15 is 0 Å². The van der Waals surface area contributed by atoms with Crippen LogP contribution in [0.5, 0.6) is 0 Å². The predicted octanol–water partition coefficient (Wildman–Crippen LogP) is 0.108. The molecule has 1 N–H and O–H groups in total. The van der Waals surface area contributed by atoms with Crippen LogP contribution in [0.3, 0.4) is 0 Å². The molecule has 1 heterocycles. The summed E-state index contributed by atoms with van der Waals surface area (Å²) >= 11 is 0. The summed E-state index contributed by atoms with van der Waals surface area (Å²) in [4.78, 5) is 19.0. The van der Waals surface area contributed by atoms with E-state index in [1.807, 2.05) is 0 Å². The zero-order valence-corrected chi connectivity index (χ0v) is 11.2. The van der Waals surface area contributed by atoms with E-state index in [0.717, 1.165) is 6.26 Å². The zero-order chi connectivity index (χ0) is 13.8. The first-order valence-electron chi connectivity index (χ1n) is 5.16. The molecule has 1 unspecified atom stereocenters. The molecule has 100 valence electrons. The standard InChI is InChI=1S/C10H15N3O4S/c1-7(6-18(3,15)16)12-9-5-11-4-8(13-9)10(14)17-2/h4-5,7H,6H2,1-3H3,(H,12,13). The zero-order valence-electron chi connectivity index (χ0n) is 10.4. The van der Waals surface area contributed by atoms with E-state index in [2.05, 4.69) is 20.0 Å². The molecular formula is C10H15N3O4S. The molecular weight excluding hydrogens is 258 g/mol. The Balaban J connectivity index is 2.76. The highest BCUT2D eigenvalue weighted by Crippen LogP contribution is 2.06. The van der Waals surface area contributed by atoms with Crippen LogP contribution in [-0.2, 0) is 14.6 Å². The second-order valence-electron chi connectivity index (χ2n) is 3.92. The van der Waals surface area contributed by atoms with E-state index in [0.29, 0.717) is 5.82 Å². The average Bonchev–Trinajstić information content (AvgIpc) is 2.25. The topological polar surface area (TPSA) is 98.2 Å². The van der Waals surface area contributed by atoms with E-state index in [9.17, 15) is 13.2 Å². The summed E-state index contributed by atoms with van der Waals surface area (Å²) in [6.07, 6.45) is 3.84. The number of ether oxygens (including phenoxy) is 1. The molecule has 0 aliphatic carbocycles. The van der Waals surface area contributed by atoms with E-state index in [-0.39, 0.29) is 17.5 Å². The molecule has 0 saturated carbocycles. The summed E-state index contributed by atoms with van der Waals surface area (Å²) in [5.41, 5.74) is 0.0639. The second-order valence-corrected chi connectivity index (χ2v) is 6.10. The summed E-state index contributed by atoms with van der Waals surface area (Å²) in [5.74, 6) is -0.298. The van der Waals surface area contributed by atoms with Gasteiger partial charge in [-0.2, -0.15) is 0 Å². The van der Waals surface area contributed by atoms with Gasteiger partial charge in [0.15, 0.2) is 5.69 Å². The predicted molar refractivity (Wildman–Crippen MR) is 66.2 cm³/mol. The van der Waals surface area contributed by atoms with Gasteiger partial charge in [-0.25, -0.2) is 18.2 Å². The fraction of sp³-hybridized carbons (Fsp3) is 0.500. The number of sulfone groups is 1. The van der Waals surface area contributed by atoms with Crippen molar-refractivity contribution in [3.63, 3.8) is 0 Å². The molecule has 0 amide bonds. The third kappa shape index (κ3) is 4.66. The van der Waals surface area contributed by atoms with Gasteiger partial charge in [-0.05, 0) is 6.92 Å². The van der Waals surface area contributed by atoms with Crippen molar-refractivity contribution in [2.24, 2.45) is 0 Å². The van der Waals surface area contributed by atoms with Crippen LogP contribution in [0, 0.1) is 0 Å². The van der Waals surface area contributed by atoms with Gasteiger partial charge in [-0.15, -0.1) is 0 Å². The van der Waals surface area contributed by atoms with Gasteiger partial charge in [-0.1, -0.05) is 0 Å². The van der Waals surface area contributed by atoms with E-state index < -0.39 is 15.8 Å². The van der Waals surface area contributed by atoms with Crippen molar-refractivity contribution in [3.05, 3.63) is 18.1 Å². The summed E-state index contributed by atoms with van der Waals surface area (Å²) in [5, 5.41) is 2.86. The highest BCUT2D eigenvalue weighted by Gasteiger charge is 2.13. The highest BCUT2D eigenvalue weighted by atomic mass is 32.2. The van der Waals surface area contributed by atoms with Gasteiger partial charge in [0.1, 0.15) is 15.7 Å². The number of rotatable bonds is 5. The Bertz CT molecular complexity index is 530. The Morgan fingerprint density at radius 2 is 2.17 bits per heavy atom. The van der Waals surface area contributed by atoms with Gasteiger partial charge in [0.2, 0.25) is 0 Å². The van der Waals surface area contributed by atoms with Gasteiger partial charge < -0.3 is 10.1 Å². The summed E-state index contributed by atoms with van der Waals surface area (Å²) < 4.78 is 26.7. The van der Waals surface area contributed by atoms with Crippen LogP contribution in [0.4, 0.5) is 5.82 Å². The van der Waals surface area contributed by atoms with Crippen molar-refractivity contribution in [2.45, 2.75) is 13.0 Å². The number of carbonyl (C=O) groups excluding carboxylic acids is 1. The van der Waals surface area contributed by atoms with Crippen molar-refractivity contribution >= 4 is 21.6 Å². The lowest BCUT2D eigenvalue weighted by molar-refractivity contribution is 0.0593. The largest absolute Gasteiger partial charge is 0.464 e. The highest BCUT2D eigenvalue weighted by molar-refractivity contribution is 7.90. The molecule has 0 aromatic carbocycles. The van der Waals surface area contributed by atoms with Crippen LogP contribution in [-0.4, -0.2) is 49.5 Å². The Kier molecular flexibility index (Phi) is 4.60. The lowest BCUT2D eigenvalue weighted by atomic mass is 10.4. The van der Waals surface area contributed by atoms with Crippen LogP contribution in [0.1, 0.15) is 17.4 Å². The lowest BCUT2D eigenvalue weighted by Crippen LogP contribution is -2.25. The van der Waals surface area contributed by atoms with Crippen molar-refractivity contribution in [1.82, 2.24) is 9.97 Å². The smallest absolute Gasteiger partial charge is 0.358 e. The molecule has 1 aromatic heterocycles. The van der Waals surface area contributed by atoms with Crippen molar-refractivity contribution in [1.29, 1.82) is 0 Å².